The van der Waals surface area contributed by atoms with Crippen molar-refractivity contribution in [3.05, 3.63) is 76.1 Å². The molecule has 0 unspecified atom stereocenters. The highest BCUT2D eigenvalue weighted by molar-refractivity contribution is 5.97. The number of benzene rings is 2. The molecule has 0 spiro atoms. The molecule has 2 N–H and O–H groups in total. The summed E-state index contributed by atoms with van der Waals surface area (Å²) in [6.07, 6.45) is 3.10. The lowest BCUT2D eigenvalue weighted by Gasteiger charge is -2.38. The van der Waals surface area contributed by atoms with Gasteiger partial charge in [-0.25, -0.2) is 0 Å². The Morgan fingerprint density at radius 2 is 1.87 bits per heavy atom. The molecule has 0 bridgehead atoms. The summed E-state index contributed by atoms with van der Waals surface area (Å²) in [6.45, 7) is 4.29. The molecule has 1 aromatic heterocycles. The maximum atomic E-state index is 12.9. The molecule has 3 aromatic rings. The fourth-order valence-electron chi connectivity index (χ4n) is 4.08. The van der Waals surface area contributed by atoms with Gasteiger partial charge < -0.3 is 19.8 Å². The second kappa shape index (κ2) is 8.71. The van der Waals surface area contributed by atoms with Crippen molar-refractivity contribution in [1.29, 1.82) is 0 Å². The van der Waals surface area contributed by atoms with Gasteiger partial charge in [0, 0.05) is 42.3 Å². The van der Waals surface area contributed by atoms with Gasteiger partial charge in [0.15, 0.2) is 0 Å². The highest BCUT2D eigenvalue weighted by Crippen LogP contribution is 2.35. The van der Waals surface area contributed by atoms with E-state index in [0.29, 0.717) is 37.3 Å². The predicted molar refractivity (Wildman–Crippen MR) is 116 cm³/mol. The number of hydrogen-bond donors (Lipinski definition) is 2. The number of ether oxygens (including phenoxy) is 2. The number of fused-ring (bicyclic) bond motifs is 1. The summed E-state index contributed by atoms with van der Waals surface area (Å²) < 4.78 is 11.1. The molecular formula is C24H26N2O4. The van der Waals surface area contributed by atoms with Crippen LogP contribution in [-0.4, -0.2) is 37.3 Å². The number of nitrogens with one attached hydrogen (secondary N) is 2. The smallest absolute Gasteiger partial charge is 0.256 e. The van der Waals surface area contributed by atoms with Crippen LogP contribution in [0.25, 0.3) is 10.9 Å². The Morgan fingerprint density at radius 3 is 2.60 bits per heavy atom. The summed E-state index contributed by atoms with van der Waals surface area (Å²) in [5.74, 6) is 0.467. The van der Waals surface area contributed by atoms with E-state index < -0.39 is 0 Å². The number of amides is 1. The molecule has 6 nitrogen and oxygen atoms in total. The molecule has 4 rings (SSSR count). The van der Waals surface area contributed by atoms with E-state index >= 15 is 0 Å². The van der Waals surface area contributed by atoms with E-state index in [-0.39, 0.29) is 22.3 Å². The zero-order valence-electron chi connectivity index (χ0n) is 17.1. The molecule has 0 aliphatic carbocycles. The van der Waals surface area contributed by atoms with Gasteiger partial charge in [-0.05, 0) is 49.6 Å². The van der Waals surface area contributed by atoms with E-state index in [1.807, 2.05) is 31.2 Å². The average molecular weight is 406 g/mol. The lowest BCUT2D eigenvalue weighted by molar-refractivity contribution is 0.0487. The maximum absolute atomic E-state index is 12.9. The third-order valence-corrected chi connectivity index (χ3v) is 5.85. The Bertz CT molecular complexity index is 1080. The van der Waals surface area contributed by atoms with E-state index in [9.17, 15) is 9.59 Å². The SMILES string of the molecule is CCOc1ccc(C2(CNC(=O)c3c[nH]c4ccccc4c3=O)CCOCC2)cc1. The van der Waals surface area contributed by atoms with E-state index in [0.717, 1.165) is 24.2 Å². The molecule has 1 saturated heterocycles. The van der Waals surface area contributed by atoms with Gasteiger partial charge in [-0.3, -0.25) is 9.59 Å². The number of carbonyl (C=O) groups is 1. The van der Waals surface area contributed by atoms with Crippen molar-refractivity contribution in [2.75, 3.05) is 26.4 Å². The summed E-state index contributed by atoms with van der Waals surface area (Å²) >= 11 is 0. The Labute approximate surface area is 175 Å². The molecule has 1 aliphatic rings. The summed E-state index contributed by atoms with van der Waals surface area (Å²) in [5.41, 5.74) is 1.49. The van der Waals surface area contributed by atoms with E-state index in [1.165, 1.54) is 6.20 Å². The van der Waals surface area contributed by atoms with Gasteiger partial charge in [-0.15, -0.1) is 0 Å². The van der Waals surface area contributed by atoms with E-state index in [1.54, 1.807) is 12.1 Å². The van der Waals surface area contributed by atoms with Crippen molar-refractivity contribution in [3.8, 4) is 5.75 Å². The summed E-state index contributed by atoms with van der Waals surface area (Å²) in [4.78, 5) is 28.7. The van der Waals surface area contributed by atoms with Crippen molar-refractivity contribution in [2.45, 2.75) is 25.2 Å². The lowest BCUT2D eigenvalue weighted by atomic mass is 9.74. The highest BCUT2D eigenvalue weighted by Gasteiger charge is 2.35. The fraction of sp³-hybridized carbons (Fsp3) is 0.333. The first kappa shape index (κ1) is 20.2. The third kappa shape index (κ3) is 3.96. The summed E-state index contributed by atoms with van der Waals surface area (Å²) in [6, 6.07) is 15.2. The molecule has 1 fully saturated rings. The minimum Gasteiger partial charge on any atom is -0.494 e. The molecule has 1 amide bonds. The number of carbonyl (C=O) groups excluding carboxylic acids is 1. The van der Waals surface area contributed by atoms with Gasteiger partial charge in [0.05, 0.1) is 6.61 Å². The molecule has 6 heteroatoms. The highest BCUT2D eigenvalue weighted by atomic mass is 16.5. The zero-order chi connectivity index (χ0) is 21.0. The standard InChI is InChI=1S/C24H26N2O4/c1-2-30-18-9-7-17(8-10-18)24(11-13-29-14-12-24)16-26-23(28)20-15-25-21-6-4-3-5-19(21)22(20)27/h3-10,15H,2,11-14,16H2,1H3,(H,25,27)(H,26,28). The van der Waals surface area contributed by atoms with Gasteiger partial charge in [0.2, 0.25) is 5.43 Å². The molecule has 30 heavy (non-hydrogen) atoms. The van der Waals surface area contributed by atoms with Gasteiger partial charge in [0.1, 0.15) is 11.3 Å². The van der Waals surface area contributed by atoms with Crippen LogP contribution < -0.4 is 15.5 Å². The summed E-state index contributed by atoms with van der Waals surface area (Å²) in [7, 11) is 0. The Balaban J connectivity index is 1.56. The molecule has 1 aliphatic heterocycles. The minimum absolute atomic E-state index is 0.127. The number of pyridine rings is 1. The molecule has 2 heterocycles. The van der Waals surface area contributed by atoms with Crippen LogP contribution >= 0.6 is 0 Å². The van der Waals surface area contributed by atoms with Crippen LogP contribution in [-0.2, 0) is 10.2 Å². The molecule has 0 saturated carbocycles. The first-order valence-corrected chi connectivity index (χ1v) is 10.3. The first-order valence-electron chi connectivity index (χ1n) is 10.3. The van der Waals surface area contributed by atoms with E-state index in [4.69, 9.17) is 9.47 Å². The van der Waals surface area contributed by atoms with Gasteiger partial charge in [0.25, 0.3) is 5.91 Å². The van der Waals surface area contributed by atoms with Crippen LogP contribution in [0.5, 0.6) is 5.75 Å². The van der Waals surface area contributed by atoms with Gasteiger partial charge >= 0.3 is 0 Å². The first-order chi connectivity index (χ1) is 14.6. The lowest BCUT2D eigenvalue weighted by Crippen LogP contribution is -2.45. The zero-order valence-corrected chi connectivity index (χ0v) is 17.1. The van der Waals surface area contributed by atoms with Crippen LogP contribution in [0.15, 0.2) is 59.5 Å². The van der Waals surface area contributed by atoms with Crippen LogP contribution in [0.3, 0.4) is 0 Å². The number of para-hydroxylation sites is 1. The Morgan fingerprint density at radius 1 is 1.13 bits per heavy atom. The van der Waals surface area contributed by atoms with Crippen LogP contribution in [0.1, 0.15) is 35.7 Å². The second-order valence-corrected chi connectivity index (χ2v) is 7.61. The molecule has 0 atom stereocenters. The number of rotatable bonds is 6. The average Bonchev–Trinajstić information content (AvgIpc) is 2.79. The molecule has 156 valence electrons. The Hall–Kier alpha value is -3.12. The monoisotopic (exact) mass is 406 g/mol. The van der Waals surface area contributed by atoms with Crippen molar-refractivity contribution >= 4 is 16.8 Å². The predicted octanol–water partition coefficient (Wildman–Crippen LogP) is 3.41. The topological polar surface area (TPSA) is 80.4 Å². The molecular weight excluding hydrogens is 380 g/mol. The van der Waals surface area contributed by atoms with Crippen molar-refractivity contribution in [3.63, 3.8) is 0 Å². The number of aromatic amines is 1. The van der Waals surface area contributed by atoms with Crippen molar-refractivity contribution < 1.29 is 14.3 Å². The quantitative estimate of drug-likeness (QED) is 0.657. The largest absolute Gasteiger partial charge is 0.494 e. The molecule has 0 radical (unpaired) electrons. The van der Waals surface area contributed by atoms with Crippen molar-refractivity contribution in [2.24, 2.45) is 0 Å². The second-order valence-electron chi connectivity index (χ2n) is 7.61. The number of H-pyrrole nitrogens is 1. The fourth-order valence-corrected chi connectivity index (χ4v) is 4.08. The van der Waals surface area contributed by atoms with Gasteiger partial charge in [-0.1, -0.05) is 24.3 Å². The van der Waals surface area contributed by atoms with Crippen LogP contribution in [0, 0.1) is 0 Å². The van der Waals surface area contributed by atoms with Crippen molar-refractivity contribution in [1.82, 2.24) is 10.3 Å². The third-order valence-electron chi connectivity index (χ3n) is 5.85. The normalized spacial score (nSPS) is 15.6. The maximum Gasteiger partial charge on any atom is 0.256 e. The number of aromatic nitrogens is 1. The van der Waals surface area contributed by atoms with Crippen LogP contribution in [0.4, 0.5) is 0 Å². The Kier molecular flexibility index (Phi) is 5.86. The van der Waals surface area contributed by atoms with Crippen LogP contribution in [0.2, 0.25) is 0 Å². The van der Waals surface area contributed by atoms with E-state index in [2.05, 4.69) is 22.4 Å². The van der Waals surface area contributed by atoms with Gasteiger partial charge in [-0.2, -0.15) is 0 Å². The minimum atomic E-state index is -0.362. The number of hydrogen-bond acceptors (Lipinski definition) is 4. The molecule has 2 aromatic carbocycles. The summed E-state index contributed by atoms with van der Waals surface area (Å²) in [5, 5.41) is 3.52.